The number of fused-ring (bicyclic) bond motifs is 1. The third-order valence-corrected chi connectivity index (χ3v) is 4.06. The SMILES string of the molecule is CC(=O)Nc1nn(C(C)c2ccc(C(F)(F)F)cc2)c2nc(C)[nH]c(=O)c12. The highest BCUT2D eigenvalue weighted by Gasteiger charge is 2.30. The predicted molar refractivity (Wildman–Crippen MR) is 92.4 cm³/mol. The van der Waals surface area contributed by atoms with Crippen molar-refractivity contribution in [3.63, 3.8) is 0 Å². The highest BCUT2D eigenvalue weighted by Crippen LogP contribution is 2.31. The van der Waals surface area contributed by atoms with E-state index in [9.17, 15) is 22.8 Å². The minimum absolute atomic E-state index is 0.0463. The summed E-state index contributed by atoms with van der Waals surface area (Å²) in [7, 11) is 0. The normalized spacial score (nSPS) is 13.0. The van der Waals surface area contributed by atoms with Gasteiger partial charge < -0.3 is 10.3 Å². The highest BCUT2D eigenvalue weighted by molar-refractivity contribution is 5.97. The average Bonchev–Trinajstić information content (AvgIpc) is 2.91. The maximum absolute atomic E-state index is 12.8. The van der Waals surface area contributed by atoms with E-state index in [0.717, 1.165) is 12.1 Å². The molecule has 0 aliphatic rings. The first-order valence-electron chi connectivity index (χ1n) is 8.02. The Balaban J connectivity index is 2.13. The second-order valence-electron chi connectivity index (χ2n) is 6.12. The molecule has 7 nitrogen and oxygen atoms in total. The second-order valence-corrected chi connectivity index (χ2v) is 6.12. The number of hydrogen-bond acceptors (Lipinski definition) is 4. The maximum atomic E-state index is 12.8. The molecule has 3 aromatic rings. The molecule has 10 heteroatoms. The van der Waals surface area contributed by atoms with Crippen LogP contribution in [0.5, 0.6) is 0 Å². The summed E-state index contributed by atoms with van der Waals surface area (Å²) in [4.78, 5) is 30.5. The molecule has 0 aliphatic heterocycles. The molecule has 1 aromatic carbocycles. The van der Waals surface area contributed by atoms with E-state index in [4.69, 9.17) is 0 Å². The lowest BCUT2D eigenvalue weighted by Gasteiger charge is -2.15. The molecule has 0 saturated heterocycles. The number of aromatic nitrogens is 4. The van der Waals surface area contributed by atoms with Crippen LogP contribution >= 0.6 is 0 Å². The summed E-state index contributed by atoms with van der Waals surface area (Å²) in [6, 6.07) is 4.14. The van der Waals surface area contributed by atoms with Crippen molar-refractivity contribution in [2.75, 3.05) is 5.32 Å². The van der Waals surface area contributed by atoms with E-state index in [2.05, 4.69) is 20.4 Å². The third kappa shape index (κ3) is 3.55. The molecule has 142 valence electrons. The van der Waals surface area contributed by atoms with E-state index < -0.39 is 29.2 Å². The van der Waals surface area contributed by atoms with Crippen LogP contribution in [-0.2, 0) is 11.0 Å². The Kier molecular flexibility index (Phi) is 4.50. The smallest absolute Gasteiger partial charge is 0.310 e. The Morgan fingerprint density at radius 2 is 1.89 bits per heavy atom. The van der Waals surface area contributed by atoms with Gasteiger partial charge in [0.05, 0.1) is 11.6 Å². The molecule has 0 bridgehead atoms. The first-order valence-corrected chi connectivity index (χ1v) is 8.02. The predicted octanol–water partition coefficient (Wildman–Crippen LogP) is 3.01. The van der Waals surface area contributed by atoms with Gasteiger partial charge in [-0.1, -0.05) is 12.1 Å². The van der Waals surface area contributed by atoms with Crippen molar-refractivity contribution in [3.05, 3.63) is 51.6 Å². The summed E-state index contributed by atoms with van der Waals surface area (Å²) in [6.07, 6.45) is -4.43. The van der Waals surface area contributed by atoms with E-state index in [1.165, 1.54) is 23.7 Å². The average molecular weight is 379 g/mol. The van der Waals surface area contributed by atoms with Crippen LogP contribution in [-0.4, -0.2) is 25.7 Å². The molecule has 27 heavy (non-hydrogen) atoms. The quantitative estimate of drug-likeness (QED) is 0.732. The molecule has 0 saturated carbocycles. The first kappa shape index (κ1) is 18.6. The van der Waals surface area contributed by atoms with Crippen molar-refractivity contribution in [1.82, 2.24) is 19.7 Å². The van der Waals surface area contributed by atoms with E-state index in [-0.39, 0.29) is 16.9 Å². The van der Waals surface area contributed by atoms with Crippen LogP contribution in [0.2, 0.25) is 0 Å². The third-order valence-electron chi connectivity index (χ3n) is 4.06. The number of hydrogen-bond donors (Lipinski definition) is 2. The Morgan fingerprint density at radius 3 is 2.44 bits per heavy atom. The molecule has 2 aromatic heterocycles. The number of carbonyl (C=O) groups is 1. The summed E-state index contributed by atoms with van der Waals surface area (Å²) in [6.45, 7) is 4.59. The molecule has 2 heterocycles. The molecule has 1 amide bonds. The van der Waals surface area contributed by atoms with Gasteiger partial charge in [-0.25, -0.2) is 9.67 Å². The van der Waals surface area contributed by atoms with Crippen molar-refractivity contribution in [1.29, 1.82) is 0 Å². The molecule has 0 spiro atoms. The summed E-state index contributed by atoms with van der Waals surface area (Å²) in [5.41, 5.74) is -0.450. The Bertz CT molecular complexity index is 1070. The fraction of sp³-hybridized carbons (Fsp3) is 0.294. The van der Waals surface area contributed by atoms with Crippen LogP contribution in [0.4, 0.5) is 19.0 Å². The number of amides is 1. The lowest BCUT2D eigenvalue weighted by atomic mass is 10.1. The summed E-state index contributed by atoms with van der Waals surface area (Å²) in [5, 5.41) is 6.85. The minimum Gasteiger partial charge on any atom is -0.310 e. The number of rotatable bonds is 3. The van der Waals surface area contributed by atoms with Crippen LogP contribution in [0.1, 0.15) is 36.8 Å². The van der Waals surface area contributed by atoms with Gasteiger partial charge in [-0.3, -0.25) is 9.59 Å². The van der Waals surface area contributed by atoms with Crippen molar-refractivity contribution in [2.45, 2.75) is 33.0 Å². The standard InChI is InChI=1S/C17H16F3N5O2/c1-8(11-4-6-12(7-5-11)17(18,19)20)25-15-13(14(24-25)23-10(3)26)16(27)22-9(2)21-15/h4-8H,1-3H3,(H,21,22,27)(H,23,24,26). The minimum atomic E-state index is -4.43. The zero-order valence-corrected chi connectivity index (χ0v) is 14.7. The van der Waals surface area contributed by atoms with Crippen molar-refractivity contribution in [2.24, 2.45) is 0 Å². The van der Waals surface area contributed by atoms with Gasteiger partial charge >= 0.3 is 6.18 Å². The van der Waals surface area contributed by atoms with E-state index in [1.54, 1.807) is 13.8 Å². The number of nitrogens with one attached hydrogen (secondary N) is 2. The number of anilines is 1. The van der Waals surface area contributed by atoms with Crippen molar-refractivity contribution < 1.29 is 18.0 Å². The summed E-state index contributed by atoms with van der Waals surface area (Å²) < 4.78 is 39.7. The molecular formula is C17H16F3N5O2. The molecule has 0 aliphatic carbocycles. The Morgan fingerprint density at radius 1 is 1.26 bits per heavy atom. The number of nitrogens with zero attached hydrogens (tertiary/aromatic N) is 3. The van der Waals surface area contributed by atoms with Gasteiger partial charge in [-0.2, -0.15) is 18.3 Å². The van der Waals surface area contributed by atoms with Gasteiger partial charge in [-0.05, 0) is 31.5 Å². The molecule has 2 N–H and O–H groups in total. The van der Waals surface area contributed by atoms with Crippen LogP contribution in [0.15, 0.2) is 29.1 Å². The monoisotopic (exact) mass is 379 g/mol. The number of aryl methyl sites for hydroxylation is 1. The van der Waals surface area contributed by atoms with Gasteiger partial charge in [0.2, 0.25) is 5.91 Å². The largest absolute Gasteiger partial charge is 0.416 e. The Labute approximate surface area is 151 Å². The molecule has 0 radical (unpaired) electrons. The zero-order valence-electron chi connectivity index (χ0n) is 14.7. The van der Waals surface area contributed by atoms with Gasteiger partial charge in [0, 0.05) is 6.92 Å². The van der Waals surface area contributed by atoms with E-state index in [0.29, 0.717) is 11.4 Å². The van der Waals surface area contributed by atoms with Crippen molar-refractivity contribution in [3.8, 4) is 0 Å². The van der Waals surface area contributed by atoms with E-state index >= 15 is 0 Å². The zero-order chi connectivity index (χ0) is 19.9. The summed E-state index contributed by atoms with van der Waals surface area (Å²) >= 11 is 0. The highest BCUT2D eigenvalue weighted by atomic mass is 19.4. The molecular weight excluding hydrogens is 363 g/mol. The van der Waals surface area contributed by atoms with Crippen molar-refractivity contribution >= 4 is 22.8 Å². The number of aromatic amines is 1. The number of alkyl halides is 3. The number of H-pyrrole nitrogens is 1. The van der Waals surface area contributed by atoms with Gasteiger partial charge in [-0.15, -0.1) is 0 Å². The second kappa shape index (κ2) is 6.53. The number of halogens is 3. The number of benzene rings is 1. The molecule has 3 rings (SSSR count). The van der Waals surface area contributed by atoms with Gasteiger partial charge in [0.1, 0.15) is 11.2 Å². The van der Waals surface area contributed by atoms with Gasteiger partial charge in [0.15, 0.2) is 11.5 Å². The molecule has 1 atom stereocenters. The van der Waals surface area contributed by atoms with Crippen LogP contribution in [0, 0.1) is 6.92 Å². The van der Waals surface area contributed by atoms with Gasteiger partial charge in [0.25, 0.3) is 5.56 Å². The maximum Gasteiger partial charge on any atom is 0.416 e. The van der Waals surface area contributed by atoms with Crippen LogP contribution < -0.4 is 10.9 Å². The lowest BCUT2D eigenvalue weighted by molar-refractivity contribution is -0.137. The lowest BCUT2D eigenvalue weighted by Crippen LogP contribution is -2.14. The topological polar surface area (TPSA) is 92.7 Å². The van der Waals surface area contributed by atoms with E-state index in [1.807, 2.05) is 0 Å². The summed E-state index contributed by atoms with van der Waals surface area (Å²) in [5.74, 6) is -0.0173. The first-order chi connectivity index (χ1) is 12.6. The fourth-order valence-electron chi connectivity index (χ4n) is 2.77. The van der Waals surface area contributed by atoms with Crippen LogP contribution in [0.3, 0.4) is 0 Å². The van der Waals surface area contributed by atoms with Crippen LogP contribution in [0.25, 0.3) is 11.0 Å². The number of carbonyl (C=O) groups excluding carboxylic acids is 1. The molecule has 0 fully saturated rings. The molecule has 1 unspecified atom stereocenters. The fourth-order valence-corrected chi connectivity index (χ4v) is 2.77. The Hall–Kier alpha value is -3.17.